The molecule has 0 spiro atoms. The molecule has 0 atom stereocenters. The van der Waals surface area contributed by atoms with Crippen molar-refractivity contribution in [1.82, 2.24) is 19.6 Å². The smallest absolute Gasteiger partial charge is 0.255 e. The van der Waals surface area contributed by atoms with Crippen molar-refractivity contribution in [3.8, 4) is 0 Å². The summed E-state index contributed by atoms with van der Waals surface area (Å²) in [5.41, 5.74) is 0. The fourth-order valence-corrected chi connectivity index (χ4v) is 2.69. The van der Waals surface area contributed by atoms with Crippen LogP contribution in [0, 0.1) is 5.92 Å². The monoisotopic (exact) mass is 281 g/mol. The van der Waals surface area contributed by atoms with Crippen LogP contribution in [0.15, 0.2) is 12.4 Å². The quantitative estimate of drug-likeness (QED) is 0.838. The molecule has 1 fully saturated rings. The van der Waals surface area contributed by atoms with Crippen molar-refractivity contribution in [1.29, 1.82) is 0 Å². The highest BCUT2D eigenvalue weighted by molar-refractivity contribution is 6.29. The second-order valence-electron chi connectivity index (χ2n) is 4.99. The number of hydrogen-bond acceptors (Lipinski definition) is 5. The minimum absolute atomic E-state index is 0.117. The Bertz CT molecular complexity index is 564. The fourth-order valence-electron chi connectivity index (χ4n) is 2.51. The van der Waals surface area contributed by atoms with Crippen molar-refractivity contribution in [2.45, 2.75) is 31.8 Å². The number of aromatic nitrogens is 4. The molecule has 2 aromatic heterocycles. The first-order chi connectivity index (χ1) is 9.22. The van der Waals surface area contributed by atoms with Crippen molar-refractivity contribution in [2.24, 2.45) is 5.92 Å². The third kappa shape index (κ3) is 2.79. The van der Waals surface area contributed by atoms with Gasteiger partial charge in [0.25, 0.3) is 5.78 Å². The average Bonchev–Trinajstić information content (AvgIpc) is 2.85. The second kappa shape index (κ2) is 5.30. The molecule has 102 valence electrons. The molecule has 0 bridgehead atoms. The SMILES string of the molecule is OC1CCC(CNc2cc(Cl)nc3ncnn23)CC1. The van der Waals surface area contributed by atoms with Crippen LogP contribution in [-0.4, -0.2) is 37.3 Å². The maximum Gasteiger partial charge on any atom is 0.255 e. The normalized spacial score (nSPS) is 23.7. The minimum Gasteiger partial charge on any atom is -0.393 e. The van der Waals surface area contributed by atoms with E-state index in [9.17, 15) is 5.11 Å². The molecule has 2 heterocycles. The van der Waals surface area contributed by atoms with E-state index in [1.165, 1.54) is 6.33 Å². The molecule has 7 heteroatoms. The Balaban J connectivity index is 1.69. The zero-order valence-electron chi connectivity index (χ0n) is 10.5. The Morgan fingerprint density at radius 1 is 1.37 bits per heavy atom. The Kier molecular flexibility index (Phi) is 3.52. The Hall–Kier alpha value is -1.40. The molecule has 1 saturated carbocycles. The van der Waals surface area contributed by atoms with E-state index in [4.69, 9.17) is 11.6 Å². The molecule has 2 aromatic rings. The van der Waals surface area contributed by atoms with Crippen LogP contribution >= 0.6 is 11.6 Å². The van der Waals surface area contributed by atoms with Crippen molar-refractivity contribution in [3.63, 3.8) is 0 Å². The Morgan fingerprint density at radius 3 is 2.95 bits per heavy atom. The highest BCUT2D eigenvalue weighted by atomic mass is 35.5. The average molecular weight is 282 g/mol. The molecule has 2 N–H and O–H groups in total. The third-order valence-electron chi connectivity index (χ3n) is 3.61. The number of anilines is 1. The standard InChI is InChI=1S/C12H16ClN5O/c13-10-5-11(18-12(17-10)15-7-16-18)14-6-8-1-3-9(19)4-2-8/h5,7-9,14,19H,1-4,6H2. The van der Waals surface area contributed by atoms with Crippen LogP contribution in [0.1, 0.15) is 25.7 Å². The number of hydrogen-bond donors (Lipinski definition) is 2. The van der Waals surface area contributed by atoms with Gasteiger partial charge in [0, 0.05) is 12.6 Å². The van der Waals surface area contributed by atoms with Gasteiger partial charge < -0.3 is 10.4 Å². The predicted octanol–water partition coefficient (Wildman–Crippen LogP) is 1.74. The van der Waals surface area contributed by atoms with E-state index in [-0.39, 0.29) is 6.10 Å². The number of nitrogens with one attached hydrogen (secondary N) is 1. The topological polar surface area (TPSA) is 75.3 Å². The van der Waals surface area contributed by atoms with E-state index in [0.29, 0.717) is 16.8 Å². The first-order valence-electron chi connectivity index (χ1n) is 6.50. The van der Waals surface area contributed by atoms with Gasteiger partial charge in [-0.15, -0.1) is 0 Å². The summed E-state index contributed by atoms with van der Waals surface area (Å²) in [7, 11) is 0. The van der Waals surface area contributed by atoms with E-state index in [0.717, 1.165) is 38.0 Å². The van der Waals surface area contributed by atoms with Crippen molar-refractivity contribution >= 4 is 23.2 Å². The summed E-state index contributed by atoms with van der Waals surface area (Å²) in [6.07, 6.45) is 5.22. The van der Waals surface area contributed by atoms with Crippen LogP contribution in [0.25, 0.3) is 5.78 Å². The number of halogens is 1. The zero-order valence-corrected chi connectivity index (χ0v) is 11.2. The van der Waals surface area contributed by atoms with Gasteiger partial charge in [-0.3, -0.25) is 0 Å². The molecular weight excluding hydrogens is 266 g/mol. The molecule has 1 aliphatic carbocycles. The number of nitrogens with zero attached hydrogens (tertiary/aromatic N) is 4. The summed E-state index contributed by atoms with van der Waals surface area (Å²) >= 11 is 5.96. The van der Waals surface area contributed by atoms with Crippen LogP contribution in [0.5, 0.6) is 0 Å². The maximum atomic E-state index is 9.49. The van der Waals surface area contributed by atoms with Crippen molar-refractivity contribution in [2.75, 3.05) is 11.9 Å². The molecule has 6 nitrogen and oxygen atoms in total. The van der Waals surface area contributed by atoms with Gasteiger partial charge in [0.1, 0.15) is 17.3 Å². The van der Waals surface area contributed by atoms with Crippen molar-refractivity contribution in [3.05, 3.63) is 17.5 Å². The second-order valence-corrected chi connectivity index (χ2v) is 5.38. The molecule has 0 aromatic carbocycles. The van der Waals surface area contributed by atoms with Gasteiger partial charge in [-0.05, 0) is 31.6 Å². The van der Waals surface area contributed by atoms with Gasteiger partial charge in [0.05, 0.1) is 6.10 Å². The molecule has 19 heavy (non-hydrogen) atoms. The summed E-state index contributed by atoms with van der Waals surface area (Å²) in [6.45, 7) is 0.849. The van der Waals surface area contributed by atoms with Crippen LogP contribution in [0.2, 0.25) is 5.15 Å². The molecule has 3 rings (SSSR count). The number of aliphatic hydroxyl groups excluding tert-OH is 1. The minimum atomic E-state index is -0.117. The van der Waals surface area contributed by atoms with E-state index < -0.39 is 0 Å². The number of rotatable bonds is 3. The highest BCUT2D eigenvalue weighted by Crippen LogP contribution is 2.24. The van der Waals surface area contributed by atoms with Gasteiger partial charge in [0.15, 0.2) is 0 Å². The lowest BCUT2D eigenvalue weighted by Gasteiger charge is -2.25. The van der Waals surface area contributed by atoms with Gasteiger partial charge in [0.2, 0.25) is 0 Å². The van der Waals surface area contributed by atoms with Crippen LogP contribution in [0.4, 0.5) is 5.82 Å². The maximum absolute atomic E-state index is 9.49. The van der Waals surface area contributed by atoms with Gasteiger partial charge in [-0.25, -0.2) is 0 Å². The molecular formula is C12H16ClN5O. The summed E-state index contributed by atoms with van der Waals surface area (Å²) in [4.78, 5) is 8.11. The van der Waals surface area contributed by atoms with E-state index in [1.54, 1.807) is 10.6 Å². The van der Waals surface area contributed by atoms with Gasteiger partial charge in [-0.2, -0.15) is 19.6 Å². The highest BCUT2D eigenvalue weighted by Gasteiger charge is 2.19. The summed E-state index contributed by atoms with van der Waals surface area (Å²) in [5.74, 6) is 1.88. The van der Waals surface area contributed by atoms with E-state index >= 15 is 0 Å². The molecule has 0 amide bonds. The van der Waals surface area contributed by atoms with Crippen LogP contribution in [-0.2, 0) is 0 Å². The lowest BCUT2D eigenvalue weighted by atomic mass is 9.87. The molecule has 0 radical (unpaired) electrons. The molecule has 0 unspecified atom stereocenters. The Morgan fingerprint density at radius 2 is 2.16 bits per heavy atom. The zero-order chi connectivity index (χ0) is 13.2. The summed E-state index contributed by atoms with van der Waals surface area (Å²) in [6, 6.07) is 1.75. The lowest BCUT2D eigenvalue weighted by molar-refractivity contribution is 0.111. The Labute approximate surface area is 115 Å². The number of fused-ring (bicyclic) bond motifs is 1. The van der Waals surface area contributed by atoms with E-state index in [2.05, 4.69) is 20.4 Å². The first kappa shape index (κ1) is 12.6. The summed E-state index contributed by atoms with van der Waals surface area (Å²) < 4.78 is 1.64. The van der Waals surface area contributed by atoms with E-state index in [1.807, 2.05) is 0 Å². The van der Waals surface area contributed by atoms with Gasteiger partial charge >= 0.3 is 0 Å². The lowest BCUT2D eigenvalue weighted by Crippen LogP contribution is -2.24. The fraction of sp³-hybridized carbons (Fsp3) is 0.583. The largest absolute Gasteiger partial charge is 0.393 e. The molecule has 0 aliphatic heterocycles. The third-order valence-corrected chi connectivity index (χ3v) is 3.80. The van der Waals surface area contributed by atoms with Crippen LogP contribution < -0.4 is 5.32 Å². The molecule has 0 saturated heterocycles. The predicted molar refractivity (Wildman–Crippen MR) is 72.2 cm³/mol. The van der Waals surface area contributed by atoms with Gasteiger partial charge in [-0.1, -0.05) is 11.6 Å². The molecule has 1 aliphatic rings. The van der Waals surface area contributed by atoms with Crippen molar-refractivity contribution < 1.29 is 5.11 Å². The number of aliphatic hydroxyl groups is 1. The summed E-state index contributed by atoms with van der Waals surface area (Å²) in [5, 5.41) is 17.4. The first-order valence-corrected chi connectivity index (χ1v) is 6.88. The van der Waals surface area contributed by atoms with Crippen LogP contribution in [0.3, 0.4) is 0 Å².